The van der Waals surface area contributed by atoms with E-state index in [-0.39, 0.29) is 5.91 Å². The predicted molar refractivity (Wildman–Crippen MR) is 124 cm³/mol. The summed E-state index contributed by atoms with van der Waals surface area (Å²) in [6.07, 6.45) is 4.27. The number of nitrogens with zero attached hydrogens (tertiary/aromatic N) is 2. The zero-order valence-corrected chi connectivity index (χ0v) is 19.3. The number of amides is 1. The van der Waals surface area contributed by atoms with E-state index in [1.54, 1.807) is 24.3 Å². The van der Waals surface area contributed by atoms with Gasteiger partial charge < -0.3 is 9.64 Å². The summed E-state index contributed by atoms with van der Waals surface area (Å²) in [4.78, 5) is 14.9. The molecule has 1 amide bonds. The van der Waals surface area contributed by atoms with Gasteiger partial charge in [0.25, 0.3) is 5.91 Å². The summed E-state index contributed by atoms with van der Waals surface area (Å²) in [5.41, 5.74) is 1.90. The van der Waals surface area contributed by atoms with Crippen molar-refractivity contribution in [2.75, 3.05) is 30.7 Å². The van der Waals surface area contributed by atoms with Crippen LogP contribution in [0.2, 0.25) is 0 Å². The first-order valence-electron chi connectivity index (χ1n) is 10.8. The maximum absolute atomic E-state index is 13.0. The van der Waals surface area contributed by atoms with Gasteiger partial charge in [-0.25, -0.2) is 8.42 Å². The molecular formula is C24H32N2O4S. The molecule has 0 saturated carbocycles. The number of carbonyl (C=O) groups is 1. The first-order valence-corrected chi connectivity index (χ1v) is 12.7. The second-order valence-corrected chi connectivity index (χ2v) is 10.2. The van der Waals surface area contributed by atoms with Gasteiger partial charge in [-0.3, -0.25) is 9.10 Å². The van der Waals surface area contributed by atoms with Gasteiger partial charge in [-0.2, -0.15) is 0 Å². The molecule has 3 rings (SSSR count). The molecule has 0 radical (unpaired) electrons. The number of carbonyl (C=O) groups excluding carboxylic acids is 1. The molecule has 0 bridgehead atoms. The smallest absolute Gasteiger partial charge is 0.263 e. The molecule has 1 fully saturated rings. The highest BCUT2D eigenvalue weighted by atomic mass is 32.2. The molecule has 1 atom stereocenters. The first kappa shape index (κ1) is 23.1. The van der Waals surface area contributed by atoms with Crippen LogP contribution in [-0.2, 0) is 21.2 Å². The normalized spacial score (nSPS) is 16.0. The van der Waals surface area contributed by atoms with Crippen molar-refractivity contribution < 1.29 is 17.9 Å². The van der Waals surface area contributed by atoms with Crippen molar-refractivity contribution in [3.8, 4) is 5.75 Å². The molecule has 0 unspecified atom stereocenters. The Balaban J connectivity index is 1.54. The van der Waals surface area contributed by atoms with Crippen LogP contribution in [0.15, 0.2) is 54.6 Å². The lowest BCUT2D eigenvalue weighted by Crippen LogP contribution is -2.45. The van der Waals surface area contributed by atoms with Gasteiger partial charge in [0.05, 0.1) is 11.9 Å². The van der Waals surface area contributed by atoms with Crippen LogP contribution in [-0.4, -0.2) is 51.7 Å². The van der Waals surface area contributed by atoms with Crippen molar-refractivity contribution in [3.63, 3.8) is 0 Å². The fourth-order valence-corrected chi connectivity index (χ4v) is 4.41. The number of likely N-dealkylation sites (tertiary alicyclic amines) is 1. The van der Waals surface area contributed by atoms with E-state index in [1.807, 2.05) is 17.9 Å². The third-order valence-electron chi connectivity index (χ3n) is 5.92. The van der Waals surface area contributed by atoms with Crippen LogP contribution in [0.5, 0.6) is 5.75 Å². The number of benzene rings is 2. The molecule has 0 aliphatic carbocycles. The number of anilines is 1. The minimum absolute atomic E-state index is 0.0259. The quantitative estimate of drug-likeness (QED) is 0.622. The Morgan fingerprint density at radius 1 is 1.10 bits per heavy atom. The van der Waals surface area contributed by atoms with Gasteiger partial charge in [0, 0.05) is 20.1 Å². The molecule has 168 valence electrons. The maximum Gasteiger partial charge on any atom is 0.263 e. The van der Waals surface area contributed by atoms with Crippen molar-refractivity contribution in [2.45, 2.75) is 38.7 Å². The number of rotatable bonds is 8. The second-order valence-electron chi connectivity index (χ2n) is 8.20. The number of hydrogen-bond donors (Lipinski definition) is 0. The number of sulfonamides is 1. The molecule has 2 aromatic rings. The van der Waals surface area contributed by atoms with E-state index in [1.165, 1.54) is 16.9 Å². The van der Waals surface area contributed by atoms with Gasteiger partial charge in [0.15, 0.2) is 6.10 Å². The molecule has 6 nitrogen and oxygen atoms in total. The van der Waals surface area contributed by atoms with Crippen LogP contribution in [0.4, 0.5) is 5.69 Å². The third-order valence-corrected chi connectivity index (χ3v) is 7.12. The molecule has 0 N–H and O–H groups in total. The highest BCUT2D eigenvalue weighted by Gasteiger charge is 2.28. The fraction of sp³-hybridized carbons (Fsp3) is 0.458. The minimum Gasteiger partial charge on any atom is -0.481 e. The average molecular weight is 445 g/mol. The summed E-state index contributed by atoms with van der Waals surface area (Å²) < 4.78 is 30.5. The average Bonchev–Trinajstić information content (AvgIpc) is 2.77. The van der Waals surface area contributed by atoms with Gasteiger partial charge in [-0.05, 0) is 61.4 Å². The monoisotopic (exact) mass is 444 g/mol. The van der Waals surface area contributed by atoms with Gasteiger partial charge in [-0.15, -0.1) is 0 Å². The minimum atomic E-state index is -3.32. The Labute approximate surface area is 185 Å². The maximum atomic E-state index is 13.0. The Morgan fingerprint density at radius 3 is 2.26 bits per heavy atom. The molecule has 1 saturated heterocycles. The second kappa shape index (κ2) is 10.2. The van der Waals surface area contributed by atoms with Crippen LogP contribution in [0.3, 0.4) is 0 Å². The van der Waals surface area contributed by atoms with E-state index < -0.39 is 16.1 Å². The van der Waals surface area contributed by atoms with E-state index in [0.29, 0.717) is 23.8 Å². The molecule has 1 aliphatic heterocycles. The molecular weight excluding hydrogens is 412 g/mol. The van der Waals surface area contributed by atoms with Crippen molar-refractivity contribution in [3.05, 3.63) is 60.2 Å². The molecule has 0 aromatic heterocycles. The van der Waals surface area contributed by atoms with Gasteiger partial charge in [-0.1, -0.05) is 37.3 Å². The Hall–Kier alpha value is -2.54. The Kier molecular flexibility index (Phi) is 7.59. The van der Waals surface area contributed by atoms with Crippen LogP contribution in [0.1, 0.15) is 31.7 Å². The van der Waals surface area contributed by atoms with Crippen LogP contribution < -0.4 is 9.04 Å². The van der Waals surface area contributed by atoms with Crippen molar-refractivity contribution >= 4 is 21.6 Å². The number of piperidine rings is 1. The van der Waals surface area contributed by atoms with E-state index in [9.17, 15) is 13.2 Å². The lowest BCUT2D eigenvalue weighted by Gasteiger charge is -2.34. The summed E-state index contributed by atoms with van der Waals surface area (Å²) in [6, 6.07) is 17.3. The standard InChI is InChI=1S/C24H32N2O4S/c1-4-23(30-22-12-10-21(11-13-22)25(2)31(3,28)29)24(27)26-16-14-20(15-17-26)18-19-8-6-5-7-9-19/h5-13,20,23H,4,14-18H2,1-3H3/t23-/m0/s1. The molecule has 31 heavy (non-hydrogen) atoms. The zero-order valence-electron chi connectivity index (χ0n) is 18.5. The van der Waals surface area contributed by atoms with Gasteiger partial charge >= 0.3 is 0 Å². The first-order chi connectivity index (χ1) is 14.8. The topological polar surface area (TPSA) is 66.9 Å². The highest BCUT2D eigenvalue weighted by molar-refractivity contribution is 7.92. The van der Waals surface area contributed by atoms with E-state index >= 15 is 0 Å². The molecule has 1 aliphatic rings. The highest BCUT2D eigenvalue weighted by Crippen LogP contribution is 2.25. The summed E-state index contributed by atoms with van der Waals surface area (Å²) in [5.74, 6) is 1.19. The molecule has 2 aromatic carbocycles. The van der Waals surface area contributed by atoms with E-state index in [2.05, 4.69) is 24.3 Å². The Bertz CT molecular complexity index is 953. The summed E-state index contributed by atoms with van der Waals surface area (Å²) in [7, 11) is -1.81. The van der Waals surface area contributed by atoms with E-state index in [4.69, 9.17) is 4.74 Å². The number of ether oxygens (including phenoxy) is 1. The lowest BCUT2D eigenvalue weighted by atomic mass is 9.90. The largest absolute Gasteiger partial charge is 0.481 e. The van der Waals surface area contributed by atoms with Crippen LogP contribution >= 0.6 is 0 Å². The van der Waals surface area contributed by atoms with Gasteiger partial charge in [0.1, 0.15) is 5.75 Å². The van der Waals surface area contributed by atoms with Crippen molar-refractivity contribution in [2.24, 2.45) is 5.92 Å². The lowest BCUT2D eigenvalue weighted by molar-refractivity contribution is -0.140. The summed E-state index contributed by atoms with van der Waals surface area (Å²) >= 11 is 0. The third kappa shape index (κ3) is 6.23. The van der Waals surface area contributed by atoms with Crippen molar-refractivity contribution in [1.29, 1.82) is 0 Å². The molecule has 7 heteroatoms. The summed E-state index contributed by atoms with van der Waals surface area (Å²) in [6.45, 7) is 3.46. The van der Waals surface area contributed by atoms with Crippen LogP contribution in [0.25, 0.3) is 0 Å². The van der Waals surface area contributed by atoms with Crippen LogP contribution in [0, 0.1) is 5.92 Å². The Morgan fingerprint density at radius 2 is 1.71 bits per heavy atom. The van der Waals surface area contributed by atoms with E-state index in [0.717, 1.165) is 38.6 Å². The predicted octanol–water partition coefficient (Wildman–Crippen LogP) is 3.72. The number of hydrogen-bond acceptors (Lipinski definition) is 4. The van der Waals surface area contributed by atoms with Gasteiger partial charge in [0.2, 0.25) is 10.0 Å². The fourth-order valence-electron chi connectivity index (χ4n) is 3.91. The summed E-state index contributed by atoms with van der Waals surface area (Å²) in [5, 5.41) is 0. The SMILES string of the molecule is CC[C@H](Oc1ccc(N(C)S(C)(=O)=O)cc1)C(=O)N1CCC(Cc2ccccc2)CC1. The zero-order chi connectivity index (χ0) is 22.4. The van der Waals surface area contributed by atoms with Crippen molar-refractivity contribution in [1.82, 2.24) is 4.90 Å². The molecule has 1 heterocycles. The molecule has 0 spiro atoms.